The molecule has 1 aliphatic heterocycles. The number of aromatic nitrogens is 2. The van der Waals surface area contributed by atoms with Gasteiger partial charge in [-0.2, -0.15) is 5.10 Å². The van der Waals surface area contributed by atoms with Gasteiger partial charge < -0.3 is 15.4 Å². The molecular weight excluding hydrogens is 416 g/mol. The van der Waals surface area contributed by atoms with Crippen molar-refractivity contribution in [3.63, 3.8) is 0 Å². The lowest BCUT2D eigenvalue weighted by Crippen LogP contribution is -2.34. The maximum Gasteiger partial charge on any atom is 0.265 e. The monoisotopic (exact) mass is 438 g/mol. The van der Waals surface area contributed by atoms with Crippen LogP contribution in [0.3, 0.4) is 0 Å². The van der Waals surface area contributed by atoms with Gasteiger partial charge in [0.2, 0.25) is 0 Å². The minimum atomic E-state index is -0.557. The molecule has 2 amide bonds. The van der Waals surface area contributed by atoms with Gasteiger partial charge in [-0.25, -0.2) is 4.68 Å². The molecule has 1 atom stereocenters. The predicted octanol–water partition coefficient (Wildman–Crippen LogP) is 4.82. The van der Waals surface area contributed by atoms with Crippen molar-refractivity contribution < 1.29 is 14.3 Å². The molecule has 33 heavy (non-hydrogen) atoms. The molecule has 1 aromatic heterocycles. The van der Waals surface area contributed by atoms with Gasteiger partial charge in [0.25, 0.3) is 11.8 Å². The smallest absolute Gasteiger partial charge is 0.265 e. The summed E-state index contributed by atoms with van der Waals surface area (Å²) < 4.78 is 7.30. The molecule has 5 rings (SSSR count). The van der Waals surface area contributed by atoms with E-state index in [1.807, 2.05) is 61.5 Å². The van der Waals surface area contributed by atoms with Crippen molar-refractivity contribution in [2.45, 2.75) is 20.0 Å². The molecular formula is C26H22N4O3. The third-order valence-corrected chi connectivity index (χ3v) is 5.55. The van der Waals surface area contributed by atoms with Crippen molar-refractivity contribution >= 4 is 23.2 Å². The number of hydrogen-bond donors (Lipinski definition) is 2. The number of fused-ring (bicyclic) bond motifs is 1. The standard InChI is InChI=1S/C26H22N4O3/c1-16-8-6-7-11-20(16)24-21(15-30(29-24)19-9-4-3-5-10-19)26(32)27-18-12-13-23-22(14-18)28-25(31)17(2)33-23/h3-15,17H,1-2H3,(H,27,32)(H,28,31)/t17-/m1/s1. The molecule has 1 aliphatic rings. The van der Waals surface area contributed by atoms with Crippen LogP contribution in [-0.2, 0) is 4.79 Å². The van der Waals surface area contributed by atoms with E-state index < -0.39 is 6.10 Å². The second-order valence-corrected chi connectivity index (χ2v) is 7.90. The van der Waals surface area contributed by atoms with Crippen molar-refractivity contribution in [1.29, 1.82) is 0 Å². The number of carbonyl (C=O) groups excluding carboxylic acids is 2. The Bertz CT molecular complexity index is 1360. The zero-order valence-corrected chi connectivity index (χ0v) is 18.2. The highest BCUT2D eigenvalue weighted by Crippen LogP contribution is 2.33. The van der Waals surface area contributed by atoms with Gasteiger partial charge in [0.05, 0.1) is 16.9 Å². The number of para-hydroxylation sites is 1. The minimum absolute atomic E-state index is 0.225. The van der Waals surface area contributed by atoms with E-state index in [1.54, 1.807) is 36.0 Å². The van der Waals surface area contributed by atoms with E-state index in [4.69, 9.17) is 9.84 Å². The van der Waals surface area contributed by atoms with E-state index in [2.05, 4.69) is 10.6 Å². The Labute approximate surface area is 191 Å². The van der Waals surface area contributed by atoms with Crippen LogP contribution < -0.4 is 15.4 Å². The van der Waals surface area contributed by atoms with Crippen molar-refractivity contribution in [2.75, 3.05) is 10.6 Å². The average Bonchev–Trinajstić information content (AvgIpc) is 3.26. The molecule has 164 valence electrons. The van der Waals surface area contributed by atoms with Crippen LogP contribution >= 0.6 is 0 Å². The highest BCUT2D eigenvalue weighted by molar-refractivity contribution is 6.09. The number of nitrogens with one attached hydrogen (secondary N) is 2. The Balaban J connectivity index is 1.51. The van der Waals surface area contributed by atoms with E-state index in [0.717, 1.165) is 16.8 Å². The van der Waals surface area contributed by atoms with Gasteiger partial charge in [0.15, 0.2) is 6.10 Å². The molecule has 4 aromatic rings. The first-order valence-corrected chi connectivity index (χ1v) is 10.6. The summed E-state index contributed by atoms with van der Waals surface area (Å²) >= 11 is 0. The van der Waals surface area contributed by atoms with Crippen LogP contribution in [-0.4, -0.2) is 27.7 Å². The van der Waals surface area contributed by atoms with Crippen LogP contribution in [0.25, 0.3) is 16.9 Å². The first-order valence-electron chi connectivity index (χ1n) is 10.6. The molecule has 0 saturated heterocycles. The van der Waals surface area contributed by atoms with E-state index >= 15 is 0 Å². The lowest BCUT2D eigenvalue weighted by molar-refractivity contribution is -0.122. The van der Waals surface area contributed by atoms with Gasteiger partial charge in [-0.15, -0.1) is 0 Å². The average molecular weight is 438 g/mol. The summed E-state index contributed by atoms with van der Waals surface area (Å²) in [7, 11) is 0. The van der Waals surface area contributed by atoms with Crippen molar-refractivity contribution in [3.8, 4) is 22.7 Å². The molecule has 0 spiro atoms. The molecule has 0 bridgehead atoms. The van der Waals surface area contributed by atoms with Gasteiger partial charge in [-0.05, 0) is 49.7 Å². The van der Waals surface area contributed by atoms with Gasteiger partial charge >= 0.3 is 0 Å². The quantitative estimate of drug-likeness (QED) is 0.478. The minimum Gasteiger partial charge on any atom is -0.479 e. The Morgan fingerprint density at radius 1 is 1.06 bits per heavy atom. The third kappa shape index (κ3) is 3.96. The highest BCUT2D eigenvalue weighted by Gasteiger charge is 2.24. The highest BCUT2D eigenvalue weighted by atomic mass is 16.5. The number of carbonyl (C=O) groups is 2. The summed E-state index contributed by atoms with van der Waals surface area (Å²) in [5, 5.41) is 10.5. The Morgan fingerprint density at radius 3 is 2.61 bits per heavy atom. The molecule has 0 saturated carbocycles. The lowest BCUT2D eigenvalue weighted by Gasteiger charge is -2.23. The molecule has 0 radical (unpaired) electrons. The summed E-state index contributed by atoms with van der Waals surface area (Å²) in [6.07, 6.45) is 1.18. The normalized spacial score (nSPS) is 14.7. The predicted molar refractivity (Wildman–Crippen MR) is 127 cm³/mol. The van der Waals surface area contributed by atoms with Crippen molar-refractivity contribution in [2.24, 2.45) is 0 Å². The Morgan fingerprint density at radius 2 is 1.82 bits per heavy atom. The van der Waals surface area contributed by atoms with Gasteiger partial charge in [0.1, 0.15) is 11.4 Å². The van der Waals surface area contributed by atoms with E-state index in [0.29, 0.717) is 28.4 Å². The van der Waals surface area contributed by atoms with Crippen LogP contribution in [0.4, 0.5) is 11.4 Å². The Hall–Kier alpha value is -4.39. The number of aryl methyl sites for hydroxylation is 1. The maximum atomic E-state index is 13.4. The molecule has 3 aromatic carbocycles. The van der Waals surface area contributed by atoms with Crippen LogP contribution in [0.2, 0.25) is 0 Å². The summed E-state index contributed by atoms with van der Waals surface area (Å²) in [6.45, 7) is 3.68. The molecule has 7 heteroatoms. The number of nitrogens with zero attached hydrogens (tertiary/aromatic N) is 2. The fourth-order valence-corrected chi connectivity index (χ4v) is 3.78. The first-order chi connectivity index (χ1) is 16.0. The third-order valence-electron chi connectivity index (χ3n) is 5.55. The first kappa shape index (κ1) is 20.5. The van der Waals surface area contributed by atoms with Crippen molar-refractivity contribution in [1.82, 2.24) is 9.78 Å². The largest absolute Gasteiger partial charge is 0.479 e. The number of rotatable bonds is 4. The van der Waals surface area contributed by atoms with Crippen LogP contribution in [0.5, 0.6) is 5.75 Å². The fraction of sp³-hybridized carbons (Fsp3) is 0.115. The maximum absolute atomic E-state index is 13.4. The Kier molecular flexibility index (Phi) is 5.14. The summed E-state index contributed by atoms with van der Waals surface area (Å²) in [5.41, 5.74) is 4.87. The van der Waals surface area contributed by atoms with Gasteiger partial charge in [-0.3, -0.25) is 9.59 Å². The SMILES string of the molecule is Cc1ccccc1-c1nn(-c2ccccc2)cc1C(=O)Nc1ccc2c(c1)NC(=O)[C@@H](C)O2. The molecule has 0 fully saturated rings. The second kappa shape index (κ2) is 8.27. The number of amides is 2. The zero-order valence-electron chi connectivity index (χ0n) is 18.2. The number of hydrogen-bond acceptors (Lipinski definition) is 4. The number of benzene rings is 3. The van der Waals surface area contributed by atoms with E-state index in [-0.39, 0.29) is 11.8 Å². The molecule has 0 aliphatic carbocycles. The second-order valence-electron chi connectivity index (χ2n) is 7.90. The summed E-state index contributed by atoms with van der Waals surface area (Å²) in [4.78, 5) is 25.3. The fourth-order valence-electron chi connectivity index (χ4n) is 3.78. The van der Waals surface area contributed by atoms with E-state index in [1.165, 1.54) is 0 Å². The molecule has 2 heterocycles. The van der Waals surface area contributed by atoms with Crippen molar-refractivity contribution in [3.05, 3.63) is 90.1 Å². The molecule has 2 N–H and O–H groups in total. The topological polar surface area (TPSA) is 85.3 Å². The summed E-state index contributed by atoms with van der Waals surface area (Å²) in [6, 6.07) is 22.6. The zero-order chi connectivity index (χ0) is 22.9. The van der Waals surface area contributed by atoms with Gasteiger partial charge in [-0.1, -0.05) is 42.5 Å². The van der Waals surface area contributed by atoms with Crippen LogP contribution in [0.15, 0.2) is 79.0 Å². The van der Waals surface area contributed by atoms with Crippen LogP contribution in [0, 0.1) is 6.92 Å². The number of anilines is 2. The molecule has 0 unspecified atom stereocenters. The lowest BCUT2D eigenvalue weighted by atomic mass is 10.0. The van der Waals surface area contributed by atoms with E-state index in [9.17, 15) is 9.59 Å². The summed E-state index contributed by atoms with van der Waals surface area (Å²) in [5.74, 6) is 0.0429. The van der Waals surface area contributed by atoms with Gasteiger partial charge in [0, 0.05) is 17.4 Å². The molecule has 7 nitrogen and oxygen atoms in total. The number of ether oxygens (including phenoxy) is 1. The van der Waals surface area contributed by atoms with Crippen LogP contribution in [0.1, 0.15) is 22.8 Å².